The van der Waals surface area contributed by atoms with Crippen molar-refractivity contribution in [3.63, 3.8) is 0 Å². The molecule has 1 heterocycles. The molecule has 0 spiro atoms. The Morgan fingerprint density at radius 3 is 2.53 bits per heavy atom. The van der Waals surface area contributed by atoms with Crippen molar-refractivity contribution in [2.24, 2.45) is 0 Å². The highest BCUT2D eigenvalue weighted by Crippen LogP contribution is 2.17. The van der Waals surface area contributed by atoms with Gasteiger partial charge in [0.2, 0.25) is 0 Å². The number of rotatable bonds is 7. The van der Waals surface area contributed by atoms with E-state index in [1.165, 1.54) is 6.07 Å². The maximum atomic E-state index is 10.5. The molecule has 0 saturated heterocycles. The number of nitro groups is 1. The zero-order valence-electron chi connectivity index (χ0n) is 10.4. The summed E-state index contributed by atoms with van der Waals surface area (Å²) in [5, 5.41) is 10.5. The van der Waals surface area contributed by atoms with Gasteiger partial charge in [0.05, 0.1) is 5.69 Å². The van der Waals surface area contributed by atoms with Crippen LogP contribution >= 0.6 is 0 Å². The first-order valence-electron chi connectivity index (χ1n) is 6.04. The third-order valence-electron chi connectivity index (χ3n) is 2.56. The Morgan fingerprint density at radius 2 is 2.06 bits per heavy atom. The highest BCUT2D eigenvalue weighted by Gasteiger charge is 2.10. The second kappa shape index (κ2) is 6.83. The number of hydrogen-bond acceptors (Lipinski definition) is 4. The lowest BCUT2D eigenvalue weighted by Gasteiger charge is -2.22. The Labute approximate surface area is 102 Å². The molecule has 0 aromatic carbocycles. The van der Waals surface area contributed by atoms with Crippen LogP contribution in [-0.2, 0) is 0 Å². The average Bonchev–Trinajstić information content (AvgIpc) is 2.34. The molecule has 0 atom stereocenters. The van der Waals surface area contributed by atoms with Crippen molar-refractivity contribution in [2.75, 3.05) is 18.0 Å². The molecule has 5 nitrogen and oxygen atoms in total. The lowest BCUT2D eigenvalue weighted by molar-refractivity contribution is -0.389. The summed E-state index contributed by atoms with van der Waals surface area (Å²) in [5.74, 6) is -0.0966. The third-order valence-corrected chi connectivity index (χ3v) is 2.56. The van der Waals surface area contributed by atoms with E-state index >= 15 is 0 Å². The van der Waals surface area contributed by atoms with Gasteiger partial charge in [-0.25, -0.2) is 0 Å². The smallest absolute Gasteiger partial charge is 0.363 e. The summed E-state index contributed by atoms with van der Waals surface area (Å²) < 4.78 is 0. The maximum absolute atomic E-state index is 10.5. The topological polar surface area (TPSA) is 59.3 Å². The minimum Gasteiger partial charge on any atom is -0.369 e. The fraction of sp³-hybridized carbons (Fsp3) is 0.583. The van der Waals surface area contributed by atoms with Crippen LogP contribution in [0.2, 0.25) is 0 Å². The summed E-state index contributed by atoms with van der Waals surface area (Å²) >= 11 is 0. The summed E-state index contributed by atoms with van der Waals surface area (Å²) in [4.78, 5) is 16.1. The molecule has 0 bridgehead atoms. The monoisotopic (exact) mass is 237 g/mol. The van der Waals surface area contributed by atoms with Crippen LogP contribution in [0, 0.1) is 10.1 Å². The van der Waals surface area contributed by atoms with E-state index in [2.05, 4.69) is 23.7 Å². The van der Waals surface area contributed by atoms with Crippen LogP contribution in [0.25, 0.3) is 0 Å². The average molecular weight is 237 g/mol. The SMILES string of the molecule is CCCCN(CCC)c1ccc([N+](=O)[O-])nc1. The van der Waals surface area contributed by atoms with Gasteiger partial charge in [-0.3, -0.25) is 0 Å². The Kier molecular flexibility index (Phi) is 5.39. The molecule has 0 amide bonds. The van der Waals surface area contributed by atoms with Crippen molar-refractivity contribution in [1.29, 1.82) is 0 Å². The highest BCUT2D eigenvalue weighted by molar-refractivity contribution is 5.46. The van der Waals surface area contributed by atoms with Crippen molar-refractivity contribution in [3.05, 3.63) is 28.4 Å². The highest BCUT2D eigenvalue weighted by atomic mass is 16.6. The molecule has 0 aliphatic heterocycles. The minimum atomic E-state index is -0.472. The second-order valence-electron chi connectivity index (χ2n) is 3.97. The summed E-state index contributed by atoms with van der Waals surface area (Å²) in [6.45, 7) is 6.21. The van der Waals surface area contributed by atoms with Crippen molar-refractivity contribution in [3.8, 4) is 0 Å². The molecule has 0 fully saturated rings. The van der Waals surface area contributed by atoms with E-state index in [1.54, 1.807) is 12.3 Å². The van der Waals surface area contributed by atoms with E-state index in [0.717, 1.165) is 38.0 Å². The predicted molar refractivity (Wildman–Crippen MR) is 68.3 cm³/mol. The van der Waals surface area contributed by atoms with Crippen molar-refractivity contribution in [1.82, 2.24) is 4.98 Å². The summed E-state index contributed by atoms with van der Waals surface area (Å²) in [5.41, 5.74) is 0.964. The van der Waals surface area contributed by atoms with E-state index in [9.17, 15) is 10.1 Å². The van der Waals surface area contributed by atoms with Crippen molar-refractivity contribution in [2.45, 2.75) is 33.1 Å². The van der Waals surface area contributed by atoms with Gasteiger partial charge in [0.1, 0.15) is 0 Å². The Balaban J connectivity index is 2.75. The molecule has 1 rings (SSSR count). The molecule has 17 heavy (non-hydrogen) atoms. The van der Waals surface area contributed by atoms with Gasteiger partial charge in [0.25, 0.3) is 0 Å². The first-order chi connectivity index (χ1) is 8.19. The second-order valence-corrected chi connectivity index (χ2v) is 3.97. The number of aromatic nitrogens is 1. The van der Waals surface area contributed by atoms with Gasteiger partial charge in [-0.05, 0) is 28.8 Å². The van der Waals surface area contributed by atoms with Gasteiger partial charge in [0.15, 0.2) is 6.20 Å². The summed E-state index contributed by atoms with van der Waals surface area (Å²) in [6.07, 6.45) is 4.90. The molecule has 0 radical (unpaired) electrons. The van der Waals surface area contributed by atoms with Gasteiger partial charge in [-0.1, -0.05) is 20.3 Å². The molecule has 1 aromatic heterocycles. The zero-order valence-corrected chi connectivity index (χ0v) is 10.4. The van der Waals surface area contributed by atoms with Crippen LogP contribution in [0.4, 0.5) is 11.5 Å². The standard InChI is InChI=1S/C12H19N3O2/c1-3-5-9-14(8-4-2)11-6-7-12(13-10-11)15(16)17/h6-7,10H,3-5,8-9H2,1-2H3. The first kappa shape index (κ1) is 13.4. The van der Waals surface area contributed by atoms with Gasteiger partial charge >= 0.3 is 5.82 Å². The molecular weight excluding hydrogens is 218 g/mol. The molecule has 0 N–H and O–H groups in total. The van der Waals surface area contributed by atoms with Crippen molar-refractivity contribution >= 4 is 11.5 Å². The normalized spacial score (nSPS) is 10.2. The molecule has 5 heteroatoms. The Morgan fingerprint density at radius 1 is 1.29 bits per heavy atom. The largest absolute Gasteiger partial charge is 0.369 e. The predicted octanol–water partition coefficient (Wildman–Crippen LogP) is 3.01. The van der Waals surface area contributed by atoms with Crippen LogP contribution in [0.15, 0.2) is 18.3 Å². The lowest BCUT2D eigenvalue weighted by atomic mass is 10.2. The summed E-state index contributed by atoms with van der Waals surface area (Å²) in [6, 6.07) is 3.24. The van der Waals surface area contributed by atoms with Gasteiger partial charge in [0, 0.05) is 19.2 Å². The number of hydrogen-bond donors (Lipinski definition) is 0. The molecule has 0 unspecified atom stereocenters. The van der Waals surface area contributed by atoms with Crippen LogP contribution < -0.4 is 4.90 Å². The van der Waals surface area contributed by atoms with Gasteiger partial charge in [-0.2, -0.15) is 0 Å². The zero-order chi connectivity index (χ0) is 12.7. The molecule has 0 aliphatic rings. The molecule has 1 aromatic rings. The van der Waals surface area contributed by atoms with E-state index in [4.69, 9.17) is 0 Å². The molecule has 0 saturated carbocycles. The first-order valence-corrected chi connectivity index (χ1v) is 6.04. The molecular formula is C12H19N3O2. The number of anilines is 1. The number of nitrogens with zero attached hydrogens (tertiary/aromatic N) is 3. The quantitative estimate of drug-likeness (QED) is 0.540. The van der Waals surface area contributed by atoms with Gasteiger partial charge in [-0.15, -0.1) is 0 Å². The van der Waals surface area contributed by atoms with Crippen LogP contribution in [0.1, 0.15) is 33.1 Å². The van der Waals surface area contributed by atoms with E-state index in [1.807, 2.05) is 0 Å². The van der Waals surface area contributed by atoms with E-state index in [-0.39, 0.29) is 5.82 Å². The van der Waals surface area contributed by atoms with Crippen molar-refractivity contribution < 1.29 is 4.92 Å². The number of pyridine rings is 1. The van der Waals surface area contributed by atoms with Crippen LogP contribution in [0.3, 0.4) is 0 Å². The molecule has 0 aliphatic carbocycles. The van der Waals surface area contributed by atoms with Gasteiger partial charge < -0.3 is 15.0 Å². The number of unbranched alkanes of at least 4 members (excludes halogenated alkanes) is 1. The van der Waals surface area contributed by atoms with Crippen LogP contribution in [0.5, 0.6) is 0 Å². The molecule has 94 valence electrons. The van der Waals surface area contributed by atoms with E-state index < -0.39 is 4.92 Å². The minimum absolute atomic E-state index is 0.0966. The fourth-order valence-electron chi connectivity index (χ4n) is 1.66. The third kappa shape index (κ3) is 4.01. The Hall–Kier alpha value is -1.65. The fourth-order valence-corrected chi connectivity index (χ4v) is 1.66. The summed E-state index contributed by atoms with van der Waals surface area (Å²) in [7, 11) is 0. The maximum Gasteiger partial charge on any atom is 0.363 e. The van der Waals surface area contributed by atoms with Crippen LogP contribution in [-0.4, -0.2) is 23.0 Å². The lowest BCUT2D eigenvalue weighted by Crippen LogP contribution is -2.25. The van der Waals surface area contributed by atoms with E-state index in [0.29, 0.717) is 0 Å². The Bertz CT molecular complexity index is 351.